The van der Waals surface area contributed by atoms with E-state index in [0.29, 0.717) is 16.8 Å². The van der Waals surface area contributed by atoms with Crippen molar-refractivity contribution in [2.24, 2.45) is 0 Å². The molecule has 2 aromatic carbocycles. The van der Waals surface area contributed by atoms with Crippen LogP contribution >= 0.6 is 0 Å². The van der Waals surface area contributed by atoms with Gasteiger partial charge in [-0.15, -0.1) is 0 Å². The van der Waals surface area contributed by atoms with E-state index in [1.165, 1.54) is 6.07 Å². The maximum Gasteiger partial charge on any atom is 0.239 e. The second-order valence-electron chi connectivity index (χ2n) is 4.41. The van der Waals surface area contributed by atoms with Gasteiger partial charge in [-0.05, 0) is 24.3 Å². The van der Waals surface area contributed by atoms with Crippen LogP contribution in [-0.4, -0.2) is 12.5 Å². The van der Waals surface area contributed by atoms with Crippen LogP contribution in [0, 0.1) is 17.1 Å². The number of anilines is 1. The van der Waals surface area contributed by atoms with E-state index in [9.17, 15) is 9.18 Å². The Morgan fingerprint density at radius 1 is 1.19 bits per heavy atom. The third kappa shape index (κ3) is 4.32. The fourth-order valence-corrected chi connectivity index (χ4v) is 1.78. The number of hydrogen-bond acceptors (Lipinski definition) is 3. The predicted octanol–water partition coefficient (Wildman–Crippen LogP) is 2.43. The van der Waals surface area contributed by atoms with Crippen molar-refractivity contribution in [2.45, 2.75) is 6.54 Å². The van der Waals surface area contributed by atoms with E-state index in [4.69, 9.17) is 5.26 Å². The maximum absolute atomic E-state index is 13.4. The third-order valence-corrected chi connectivity index (χ3v) is 2.88. The standard InChI is InChI=1S/C16H14FN3O/c17-15-7-2-1-5-13(15)10-20-16(21)11-19-14-6-3-4-12(8-14)9-18/h1-8,19H,10-11H2,(H,20,21). The van der Waals surface area contributed by atoms with Gasteiger partial charge in [0, 0.05) is 17.8 Å². The molecule has 0 unspecified atom stereocenters. The zero-order valence-electron chi connectivity index (χ0n) is 11.3. The highest BCUT2D eigenvalue weighted by Crippen LogP contribution is 2.09. The van der Waals surface area contributed by atoms with Crippen molar-refractivity contribution in [3.63, 3.8) is 0 Å². The van der Waals surface area contributed by atoms with E-state index in [1.807, 2.05) is 6.07 Å². The highest BCUT2D eigenvalue weighted by Gasteiger charge is 2.04. The first-order chi connectivity index (χ1) is 10.2. The van der Waals surface area contributed by atoms with Gasteiger partial charge in [0.15, 0.2) is 0 Å². The molecule has 0 saturated heterocycles. The van der Waals surface area contributed by atoms with Gasteiger partial charge in [0.05, 0.1) is 18.2 Å². The Bertz CT molecular complexity index is 679. The number of nitriles is 1. The normalized spacial score (nSPS) is 9.71. The lowest BCUT2D eigenvalue weighted by molar-refractivity contribution is -0.119. The Morgan fingerprint density at radius 2 is 2.00 bits per heavy atom. The van der Waals surface area contributed by atoms with Crippen molar-refractivity contribution >= 4 is 11.6 Å². The zero-order chi connectivity index (χ0) is 15.1. The smallest absolute Gasteiger partial charge is 0.239 e. The van der Waals surface area contributed by atoms with Gasteiger partial charge in [0.1, 0.15) is 5.82 Å². The third-order valence-electron chi connectivity index (χ3n) is 2.88. The summed E-state index contributed by atoms with van der Waals surface area (Å²) in [7, 11) is 0. The van der Waals surface area contributed by atoms with E-state index < -0.39 is 0 Å². The first-order valence-electron chi connectivity index (χ1n) is 6.43. The molecule has 2 N–H and O–H groups in total. The Kier molecular flexibility index (Phi) is 4.89. The van der Waals surface area contributed by atoms with Crippen molar-refractivity contribution < 1.29 is 9.18 Å². The van der Waals surface area contributed by atoms with E-state index in [2.05, 4.69) is 10.6 Å². The number of carbonyl (C=O) groups is 1. The molecular formula is C16H14FN3O. The minimum Gasteiger partial charge on any atom is -0.376 e. The lowest BCUT2D eigenvalue weighted by Gasteiger charge is -2.08. The molecule has 0 aliphatic heterocycles. The number of nitrogens with one attached hydrogen (secondary N) is 2. The highest BCUT2D eigenvalue weighted by molar-refractivity contribution is 5.80. The quantitative estimate of drug-likeness (QED) is 0.885. The zero-order valence-corrected chi connectivity index (χ0v) is 11.3. The molecule has 106 valence electrons. The molecule has 0 spiro atoms. The highest BCUT2D eigenvalue weighted by atomic mass is 19.1. The molecule has 2 rings (SSSR count). The topological polar surface area (TPSA) is 64.9 Å². The average Bonchev–Trinajstić information content (AvgIpc) is 2.52. The summed E-state index contributed by atoms with van der Waals surface area (Å²) in [5.74, 6) is -0.590. The Morgan fingerprint density at radius 3 is 2.76 bits per heavy atom. The van der Waals surface area contributed by atoms with E-state index in [-0.39, 0.29) is 24.8 Å². The minimum atomic E-state index is -0.340. The molecule has 1 amide bonds. The van der Waals surface area contributed by atoms with Crippen LogP contribution in [0.5, 0.6) is 0 Å². The van der Waals surface area contributed by atoms with Gasteiger partial charge >= 0.3 is 0 Å². The Balaban J connectivity index is 1.82. The first-order valence-corrected chi connectivity index (χ1v) is 6.43. The Hall–Kier alpha value is -2.87. The number of amides is 1. The molecule has 0 aliphatic rings. The maximum atomic E-state index is 13.4. The Labute approximate surface area is 122 Å². The van der Waals surface area contributed by atoms with Crippen LogP contribution < -0.4 is 10.6 Å². The van der Waals surface area contributed by atoms with E-state index in [1.54, 1.807) is 42.5 Å². The minimum absolute atomic E-state index is 0.0589. The second-order valence-corrected chi connectivity index (χ2v) is 4.41. The van der Waals surface area contributed by atoms with Gasteiger partial charge in [-0.2, -0.15) is 5.26 Å². The molecule has 4 nitrogen and oxygen atoms in total. The van der Waals surface area contributed by atoms with Crippen LogP contribution in [0.1, 0.15) is 11.1 Å². The molecule has 0 aliphatic carbocycles. The second kappa shape index (κ2) is 7.06. The number of nitrogens with zero attached hydrogens (tertiary/aromatic N) is 1. The molecule has 0 saturated carbocycles. The summed E-state index contributed by atoms with van der Waals surface area (Å²) in [6.45, 7) is 0.203. The number of carbonyl (C=O) groups excluding carboxylic acids is 1. The number of rotatable bonds is 5. The number of hydrogen-bond donors (Lipinski definition) is 2. The SMILES string of the molecule is N#Cc1cccc(NCC(=O)NCc2ccccc2F)c1. The summed E-state index contributed by atoms with van der Waals surface area (Å²) in [5.41, 5.74) is 1.65. The summed E-state index contributed by atoms with van der Waals surface area (Å²) >= 11 is 0. The van der Waals surface area contributed by atoms with Crippen LogP contribution in [0.25, 0.3) is 0 Å². The summed E-state index contributed by atoms with van der Waals surface area (Å²) in [6, 6.07) is 15.2. The van der Waals surface area contributed by atoms with Gasteiger partial charge in [-0.1, -0.05) is 24.3 Å². The summed E-state index contributed by atoms with van der Waals surface area (Å²) in [5, 5.41) is 14.3. The van der Waals surface area contributed by atoms with Crippen LogP contribution in [0.15, 0.2) is 48.5 Å². The molecule has 0 atom stereocenters. The number of benzene rings is 2. The fraction of sp³-hybridized carbons (Fsp3) is 0.125. The van der Waals surface area contributed by atoms with Crippen molar-refractivity contribution in [1.82, 2.24) is 5.32 Å². The largest absolute Gasteiger partial charge is 0.376 e. The summed E-state index contributed by atoms with van der Waals surface area (Å²) in [4.78, 5) is 11.7. The van der Waals surface area contributed by atoms with Crippen LogP contribution in [-0.2, 0) is 11.3 Å². The lowest BCUT2D eigenvalue weighted by Crippen LogP contribution is -2.29. The van der Waals surface area contributed by atoms with E-state index >= 15 is 0 Å². The van der Waals surface area contributed by atoms with Crippen molar-refractivity contribution in [3.8, 4) is 6.07 Å². The van der Waals surface area contributed by atoms with Crippen molar-refractivity contribution in [3.05, 3.63) is 65.5 Å². The molecule has 21 heavy (non-hydrogen) atoms. The van der Waals surface area contributed by atoms with Crippen LogP contribution in [0.2, 0.25) is 0 Å². The first kappa shape index (κ1) is 14.5. The van der Waals surface area contributed by atoms with E-state index in [0.717, 1.165) is 0 Å². The molecule has 0 heterocycles. The van der Waals surface area contributed by atoms with Gasteiger partial charge in [0.25, 0.3) is 0 Å². The van der Waals surface area contributed by atoms with Gasteiger partial charge in [0.2, 0.25) is 5.91 Å². The molecular weight excluding hydrogens is 269 g/mol. The molecule has 0 aromatic heterocycles. The van der Waals surface area contributed by atoms with Crippen molar-refractivity contribution in [1.29, 1.82) is 5.26 Å². The molecule has 0 fully saturated rings. The molecule has 2 aromatic rings. The summed E-state index contributed by atoms with van der Waals surface area (Å²) in [6.07, 6.45) is 0. The fourth-order valence-electron chi connectivity index (χ4n) is 1.78. The lowest BCUT2D eigenvalue weighted by atomic mass is 10.2. The number of halogens is 1. The van der Waals surface area contributed by atoms with Crippen molar-refractivity contribution in [2.75, 3.05) is 11.9 Å². The van der Waals surface area contributed by atoms with Gasteiger partial charge < -0.3 is 10.6 Å². The average molecular weight is 283 g/mol. The van der Waals surface area contributed by atoms with Crippen LogP contribution in [0.4, 0.5) is 10.1 Å². The van der Waals surface area contributed by atoms with Crippen LogP contribution in [0.3, 0.4) is 0 Å². The molecule has 5 heteroatoms. The monoisotopic (exact) mass is 283 g/mol. The van der Waals surface area contributed by atoms with Gasteiger partial charge in [-0.3, -0.25) is 4.79 Å². The molecule has 0 bridgehead atoms. The predicted molar refractivity (Wildman–Crippen MR) is 77.9 cm³/mol. The summed E-state index contributed by atoms with van der Waals surface area (Å²) < 4.78 is 13.4. The molecule has 0 radical (unpaired) electrons. The van der Waals surface area contributed by atoms with Gasteiger partial charge in [-0.25, -0.2) is 4.39 Å².